The molecule has 1 heterocycles. The summed E-state index contributed by atoms with van der Waals surface area (Å²) in [5.74, 6) is 0.403. The Morgan fingerprint density at radius 2 is 1.58 bits per heavy atom. The lowest BCUT2D eigenvalue weighted by molar-refractivity contribution is -0.123. The van der Waals surface area contributed by atoms with Crippen LogP contribution in [-0.2, 0) is 22.6 Å². The quantitative estimate of drug-likeness (QED) is 0.0674. The van der Waals surface area contributed by atoms with E-state index in [1.165, 1.54) is 0 Å². The second-order valence-electron chi connectivity index (χ2n) is 13.1. The van der Waals surface area contributed by atoms with Crippen molar-refractivity contribution in [3.05, 3.63) is 59.7 Å². The van der Waals surface area contributed by atoms with Crippen LogP contribution in [0.2, 0.25) is 0 Å². The van der Waals surface area contributed by atoms with E-state index in [9.17, 15) is 9.59 Å². The number of fused-ring (bicyclic) bond motifs is 1. The van der Waals surface area contributed by atoms with Gasteiger partial charge in [0.2, 0.25) is 5.91 Å². The van der Waals surface area contributed by atoms with Crippen molar-refractivity contribution in [1.82, 2.24) is 20.9 Å². The standard InChI is InChI=1S/C30H43N5O2.C6H15N3O2.C2H6/c1-5-7-19-37-30(3,4)17-16-26(36)33-20-22-12-14-23(15-13-22)21-35(18-6-2)28-24-10-8-9-11-25(24)34-29(32)27(28)31;1-6(2,7)9-5(11)8-3-4-10;1-2/h8-15H,5-7,16-21,31H2,1-4H3,(H2,32,34)(H,33,36);10H,3-4,7H2,1-2H3,(H2,8,9,11);1-2H3. The van der Waals surface area contributed by atoms with Crippen molar-refractivity contribution in [1.29, 1.82) is 0 Å². The third-order valence-corrected chi connectivity index (χ3v) is 7.40. The number of hydrogen-bond donors (Lipinski definition) is 7. The summed E-state index contributed by atoms with van der Waals surface area (Å²) >= 11 is 0. The average molecular weight is 697 g/mol. The summed E-state index contributed by atoms with van der Waals surface area (Å²) in [6.07, 6.45) is 4.28. The topological polar surface area (TPSA) is 194 Å². The molecule has 10 N–H and O–H groups in total. The van der Waals surface area contributed by atoms with Crippen LogP contribution in [0.5, 0.6) is 0 Å². The van der Waals surface area contributed by atoms with Gasteiger partial charge in [0, 0.05) is 44.6 Å². The van der Waals surface area contributed by atoms with Crippen molar-refractivity contribution in [3.63, 3.8) is 0 Å². The number of nitrogens with zero attached hydrogens (tertiary/aromatic N) is 2. The van der Waals surface area contributed by atoms with Gasteiger partial charge in [0.15, 0.2) is 0 Å². The minimum Gasteiger partial charge on any atom is -0.395 e. The summed E-state index contributed by atoms with van der Waals surface area (Å²) < 4.78 is 5.91. The van der Waals surface area contributed by atoms with Gasteiger partial charge in [-0.25, -0.2) is 9.78 Å². The van der Waals surface area contributed by atoms with Crippen molar-refractivity contribution in [2.45, 2.75) is 112 Å². The smallest absolute Gasteiger partial charge is 0.316 e. The van der Waals surface area contributed by atoms with E-state index in [4.69, 9.17) is 27.0 Å². The zero-order valence-corrected chi connectivity index (χ0v) is 31.7. The number of urea groups is 1. The molecule has 1 aromatic heterocycles. The number of rotatable bonds is 17. The lowest BCUT2D eigenvalue weighted by atomic mass is 10.0. The van der Waals surface area contributed by atoms with Gasteiger partial charge in [0.25, 0.3) is 0 Å². The maximum atomic E-state index is 12.4. The molecular weight excluding hydrogens is 632 g/mol. The van der Waals surface area contributed by atoms with Gasteiger partial charge in [-0.2, -0.15) is 0 Å². The van der Waals surface area contributed by atoms with E-state index in [1.807, 2.05) is 52.0 Å². The molecule has 50 heavy (non-hydrogen) atoms. The van der Waals surface area contributed by atoms with Crippen molar-refractivity contribution in [2.24, 2.45) is 5.73 Å². The normalized spacial score (nSPS) is 11.1. The monoisotopic (exact) mass is 697 g/mol. The molecule has 0 saturated heterocycles. The number of nitrogens with one attached hydrogen (secondary N) is 3. The number of aliphatic hydroxyl groups excluding tert-OH is 1. The molecule has 0 radical (unpaired) electrons. The molecule has 3 amide bonds. The number of aromatic nitrogens is 1. The summed E-state index contributed by atoms with van der Waals surface area (Å²) in [5.41, 5.74) is 21.6. The second-order valence-corrected chi connectivity index (χ2v) is 13.1. The molecule has 3 aromatic rings. The first-order valence-electron chi connectivity index (χ1n) is 17.8. The number of benzene rings is 2. The van der Waals surface area contributed by atoms with E-state index in [2.05, 4.69) is 63.9 Å². The van der Waals surface area contributed by atoms with Crippen molar-refractivity contribution in [3.8, 4) is 0 Å². The summed E-state index contributed by atoms with van der Waals surface area (Å²) in [6, 6.07) is 15.9. The maximum absolute atomic E-state index is 12.4. The van der Waals surface area contributed by atoms with Crippen LogP contribution in [0.4, 0.5) is 22.0 Å². The highest BCUT2D eigenvalue weighted by molar-refractivity contribution is 6.01. The fourth-order valence-corrected chi connectivity index (χ4v) is 4.87. The molecule has 2 aromatic carbocycles. The van der Waals surface area contributed by atoms with E-state index in [-0.39, 0.29) is 30.7 Å². The molecule has 0 aliphatic carbocycles. The van der Waals surface area contributed by atoms with E-state index in [1.54, 1.807) is 13.8 Å². The van der Waals surface area contributed by atoms with Crippen molar-refractivity contribution < 1.29 is 19.4 Å². The third-order valence-electron chi connectivity index (χ3n) is 7.40. The first-order valence-corrected chi connectivity index (χ1v) is 17.8. The Labute approximate surface area is 299 Å². The summed E-state index contributed by atoms with van der Waals surface area (Å²) in [7, 11) is 0. The number of hydrogen-bond acceptors (Lipinski definition) is 9. The summed E-state index contributed by atoms with van der Waals surface area (Å²) in [6.45, 7) is 18.7. The summed E-state index contributed by atoms with van der Waals surface area (Å²) in [4.78, 5) is 29.9. The highest BCUT2D eigenvalue weighted by atomic mass is 16.5. The number of unbranched alkanes of at least 4 members (excludes halogenated alkanes) is 1. The Morgan fingerprint density at radius 3 is 2.18 bits per heavy atom. The molecule has 0 spiro atoms. The van der Waals surface area contributed by atoms with Crippen LogP contribution in [0.3, 0.4) is 0 Å². The molecule has 12 heteroatoms. The molecule has 3 rings (SSSR count). The number of amides is 3. The van der Waals surface area contributed by atoms with Crippen LogP contribution in [0.15, 0.2) is 48.5 Å². The zero-order chi connectivity index (χ0) is 37.7. The third kappa shape index (κ3) is 16.5. The van der Waals surface area contributed by atoms with Gasteiger partial charge in [-0.1, -0.05) is 76.6 Å². The lowest BCUT2D eigenvalue weighted by Gasteiger charge is -2.28. The number of para-hydroxylation sites is 1. The van der Waals surface area contributed by atoms with Gasteiger partial charge in [-0.3, -0.25) is 4.79 Å². The van der Waals surface area contributed by atoms with Crippen LogP contribution in [-0.4, -0.2) is 59.6 Å². The number of aliphatic hydroxyl groups is 1. The van der Waals surface area contributed by atoms with Crippen LogP contribution in [0.25, 0.3) is 10.9 Å². The van der Waals surface area contributed by atoms with E-state index in [0.29, 0.717) is 37.4 Å². The van der Waals surface area contributed by atoms with Gasteiger partial charge in [-0.05, 0) is 64.2 Å². The number of nitrogens with two attached hydrogens (primary N) is 3. The van der Waals surface area contributed by atoms with Gasteiger partial charge in [0.05, 0.1) is 34.8 Å². The number of ether oxygens (including phenoxy) is 1. The zero-order valence-electron chi connectivity index (χ0n) is 31.7. The van der Waals surface area contributed by atoms with Crippen LogP contribution in [0, 0.1) is 0 Å². The van der Waals surface area contributed by atoms with Crippen molar-refractivity contribution >= 4 is 40.0 Å². The first kappa shape index (κ1) is 43.9. The first-order chi connectivity index (χ1) is 23.7. The molecule has 0 bridgehead atoms. The maximum Gasteiger partial charge on any atom is 0.316 e. The van der Waals surface area contributed by atoms with Gasteiger partial charge < -0.3 is 47.9 Å². The molecule has 0 saturated carbocycles. The largest absolute Gasteiger partial charge is 0.395 e. The predicted molar refractivity (Wildman–Crippen MR) is 208 cm³/mol. The fraction of sp³-hybridized carbons (Fsp3) is 0.553. The minimum atomic E-state index is -0.723. The second kappa shape index (κ2) is 22.6. The molecular formula is C38H64N8O4. The van der Waals surface area contributed by atoms with Crippen LogP contribution < -0.4 is 38.1 Å². The molecule has 0 atom stereocenters. The Balaban J connectivity index is 0.000000819. The van der Waals surface area contributed by atoms with Crippen LogP contribution >= 0.6 is 0 Å². The van der Waals surface area contributed by atoms with E-state index in [0.717, 1.165) is 60.1 Å². The average Bonchev–Trinajstić information content (AvgIpc) is 3.07. The Kier molecular flexibility index (Phi) is 19.8. The van der Waals surface area contributed by atoms with Gasteiger partial charge >= 0.3 is 6.03 Å². The van der Waals surface area contributed by atoms with Gasteiger partial charge in [0.1, 0.15) is 5.82 Å². The van der Waals surface area contributed by atoms with E-state index >= 15 is 0 Å². The molecule has 0 unspecified atom stereocenters. The van der Waals surface area contributed by atoms with Crippen LogP contribution in [0.1, 0.15) is 98.6 Å². The number of carbonyl (C=O) groups is 2. The molecule has 0 aliphatic heterocycles. The van der Waals surface area contributed by atoms with E-state index < -0.39 is 5.66 Å². The fourth-order valence-electron chi connectivity index (χ4n) is 4.87. The van der Waals surface area contributed by atoms with Crippen molar-refractivity contribution in [2.75, 3.05) is 42.7 Å². The SMILES string of the molecule is CC.CC(C)(N)NC(=O)NCCO.CCCCOC(C)(C)CCC(=O)NCc1ccc(CN(CCC)c2c(N)c(N)nc3ccccc23)cc1. The highest BCUT2D eigenvalue weighted by Crippen LogP contribution is 2.36. The number of carbonyl (C=O) groups excluding carboxylic acids is 2. The number of pyridine rings is 1. The predicted octanol–water partition coefficient (Wildman–Crippen LogP) is 5.81. The minimum absolute atomic E-state index is 0.0444. The van der Waals surface area contributed by atoms with Gasteiger partial charge in [-0.15, -0.1) is 0 Å². The lowest BCUT2D eigenvalue weighted by Crippen LogP contribution is -2.54. The Hall–Kier alpha value is -4.13. The number of nitrogen functional groups attached to an aromatic ring is 2. The highest BCUT2D eigenvalue weighted by Gasteiger charge is 2.20. The molecule has 0 aliphatic rings. The summed E-state index contributed by atoms with van der Waals surface area (Å²) in [5, 5.41) is 17.3. The molecule has 280 valence electrons. The number of anilines is 3. The Bertz CT molecular complexity index is 1420. The molecule has 12 nitrogen and oxygen atoms in total. The molecule has 0 fully saturated rings. The Morgan fingerprint density at radius 1 is 0.940 bits per heavy atom.